The summed E-state index contributed by atoms with van der Waals surface area (Å²) in [7, 11) is 0. The number of rotatable bonds is 3. The third-order valence-corrected chi connectivity index (χ3v) is 5.78. The Morgan fingerprint density at radius 1 is 1.23 bits per heavy atom. The second-order valence-electron chi connectivity index (χ2n) is 8.19. The molecule has 2 aliphatic rings. The number of carbonyl (C=O) groups is 3. The van der Waals surface area contributed by atoms with Crippen LogP contribution in [0.2, 0.25) is 0 Å². The average Bonchev–Trinajstić information content (AvgIpc) is 2.71. The number of hydrogen-bond acceptors (Lipinski definition) is 5. The zero-order chi connectivity index (χ0) is 22.1. The summed E-state index contributed by atoms with van der Waals surface area (Å²) in [6.07, 6.45) is 6.73. The molecule has 5 heteroatoms. The van der Waals surface area contributed by atoms with E-state index in [0.717, 1.165) is 11.1 Å². The number of carbonyl (C=O) groups excluding carboxylic acids is 3. The zero-order valence-electron chi connectivity index (χ0n) is 17.7. The molecule has 2 bridgehead atoms. The monoisotopic (exact) mass is 406 g/mol. The number of aliphatic hydroxyl groups is 1. The normalized spacial score (nSPS) is 21.6. The second-order valence-corrected chi connectivity index (χ2v) is 8.19. The van der Waals surface area contributed by atoms with Gasteiger partial charge in [-0.2, -0.15) is 0 Å². The van der Waals surface area contributed by atoms with Gasteiger partial charge in [0.15, 0.2) is 17.9 Å². The molecule has 0 aromatic heterocycles. The molecule has 1 aliphatic carbocycles. The zero-order valence-corrected chi connectivity index (χ0v) is 17.7. The fourth-order valence-corrected chi connectivity index (χ4v) is 3.87. The quantitative estimate of drug-likeness (QED) is 0.437. The van der Waals surface area contributed by atoms with E-state index in [9.17, 15) is 19.5 Å². The van der Waals surface area contributed by atoms with E-state index in [2.05, 4.69) is 0 Å². The average molecular weight is 406 g/mol. The molecule has 156 valence electrons. The van der Waals surface area contributed by atoms with E-state index in [1.165, 1.54) is 12.1 Å². The van der Waals surface area contributed by atoms with Crippen molar-refractivity contribution in [2.45, 2.75) is 40.5 Å². The number of aliphatic hydroxyl groups excluding tert-OH is 1. The SMILES string of the molecule is CC(C)=CCC12CC=C(C)COc3cccc(C=O)c3C(O)=C(C(=O)C=C1C)C2=O. The van der Waals surface area contributed by atoms with Crippen molar-refractivity contribution in [3.8, 4) is 5.75 Å². The van der Waals surface area contributed by atoms with Gasteiger partial charge in [-0.3, -0.25) is 14.4 Å². The summed E-state index contributed by atoms with van der Waals surface area (Å²) in [5.74, 6) is -1.25. The van der Waals surface area contributed by atoms with Gasteiger partial charge >= 0.3 is 0 Å². The van der Waals surface area contributed by atoms with Gasteiger partial charge in [0.05, 0.1) is 11.0 Å². The maximum Gasteiger partial charge on any atom is 0.193 e. The fourth-order valence-electron chi connectivity index (χ4n) is 3.87. The van der Waals surface area contributed by atoms with Crippen LogP contribution in [0.3, 0.4) is 0 Å². The molecular formula is C25H26O5. The molecule has 1 heterocycles. The van der Waals surface area contributed by atoms with Crippen molar-refractivity contribution in [3.05, 3.63) is 69.8 Å². The van der Waals surface area contributed by atoms with Crippen molar-refractivity contribution in [3.63, 3.8) is 0 Å². The van der Waals surface area contributed by atoms with Crippen molar-refractivity contribution in [2.75, 3.05) is 6.61 Å². The Kier molecular flexibility index (Phi) is 5.92. The number of Topliss-reactive ketones (excluding diaryl/α,β-unsaturated/α-hetero) is 1. The molecule has 0 amide bonds. The van der Waals surface area contributed by atoms with Crippen molar-refractivity contribution >= 4 is 23.6 Å². The molecule has 1 atom stereocenters. The Morgan fingerprint density at radius 3 is 2.63 bits per heavy atom. The summed E-state index contributed by atoms with van der Waals surface area (Å²) in [6, 6.07) is 4.76. The Hall–Kier alpha value is -3.21. The molecule has 0 fully saturated rings. The molecule has 0 radical (unpaired) electrons. The summed E-state index contributed by atoms with van der Waals surface area (Å²) >= 11 is 0. The number of aldehydes is 1. The topological polar surface area (TPSA) is 80.7 Å². The van der Waals surface area contributed by atoms with Crippen LogP contribution in [0.4, 0.5) is 0 Å². The third-order valence-electron chi connectivity index (χ3n) is 5.78. The molecule has 1 aromatic carbocycles. The van der Waals surface area contributed by atoms with Gasteiger partial charge in [0.1, 0.15) is 23.7 Å². The van der Waals surface area contributed by atoms with E-state index < -0.39 is 22.7 Å². The molecule has 1 aliphatic heterocycles. The standard InChI is InChI=1S/C25H26O5/c1-15(2)8-10-25-11-9-16(3)14-30-20-7-5-6-18(13-26)21(20)23(28)22(24(25)29)19(27)12-17(25)4/h5-9,12-13,28H,10-11,14H2,1-4H3. The first-order chi connectivity index (χ1) is 14.2. The molecule has 0 saturated heterocycles. The van der Waals surface area contributed by atoms with Gasteiger partial charge in [0.25, 0.3) is 0 Å². The van der Waals surface area contributed by atoms with Gasteiger partial charge in [-0.15, -0.1) is 0 Å². The van der Waals surface area contributed by atoms with E-state index in [4.69, 9.17) is 4.74 Å². The lowest BCUT2D eigenvalue weighted by atomic mass is 9.65. The molecule has 1 aromatic rings. The van der Waals surface area contributed by atoms with E-state index in [-0.39, 0.29) is 29.1 Å². The minimum atomic E-state index is -0.976. The number of fused-ring (bicyclic) bond motifs is 3. The van der Waals surface area contributed by atoms with Crippen LogP contribution in [0.25, 0.3) is 5.76 Å². The highest BCUT2D eigenvalue weighted by Gasteiger charge is 2.46. The van der Waals surface area contributed by atoms with Gasteiger partial charge in [0.2, 0.25) is 0 Å². The Labute approximate surface area is 176 Å². The highest BCUT2D eigenvalue weighted by atomic mass is 16.5. The Morgan fingerprint density at radius 2 is 1.97 bits per heavy atom. The summed E-state index contributed by atoms with van der Waals surface area (Å²) < 4.78 is 5.85. The predicted octanol–water partition coefficient (Wildman–Crippen LogP) is 4.94. The molecule has 5 nitrogen and oxygen atoms in total. The first-order valence-electron chi connectivity index (χ1n) is 9.92. The van der Waals surface area contributed by atoms with Crippen LogP contribution in [0.5, 0.6) is 5.75 Å². The van der Waals surface area contributed by atoms with Crippen LogP contribution in [0, 0.1) is 5.41 Å². The molecule has 0 saturated carbocycles. The van der Waals surface area contributed by atoms with Crippen molar-refractivity contribution < 1.29 is 24.2 Å². The maximum absolute atomic E-state index is 13.8. The first kappa shape index (κ1) is 21.5. The van der Waals surface area contributed by atoms with Gasteiger partial charge in [-0.05, 0) is 58.3 Å². The summed E-state index contributed by atoms with van der Waals surface area (Å²) in [6.45, 7) is 7.83. The molecule has 30 heavy (non-hydrogen) atoms. The van der Waals surface area contributed by atoms with Crippen LogP contribution in [0.1, 0.15) is 56.5 Å². The summed E-state index contributed by atoms with van der Waals surface area (Å²) in [4.78, 5) is 38.3. The highest BCUT2D eigenvalue weighted by molar-refractivity contribution is 6.32. The van der Waals surface area contributed by atoms with E-state index >= 15 is 0 Å². The molecule has 1 N–H and O–H groups in total. The largest absolute Gasteiger partial charge is 0.506 e. The second kappa shape index (κ2) is 8.27. The minimum absolute atomic E-state index is 0.0722. The smallest absolute Gasteiger partial charge is 0.193 e. The van der Waals surface area contributed by atoms with Gasteiger partial charge < -0.3 is 9.84 Å². The lowest BCUT2D eigenvalue weighted by molar-refractivity contribution is -0.126. The van der Waals surface area contributed by atoms with Gasteiger partial charge in [-0.1, -0.05) is 35.4 Å². The minimum Gasteiger partial charge on any atom is -0.506 e. The fraction of sp³-hybridized carbons (Fsp3) is 0.320. The first-order valence-corrected chi connectivity index (χ1v) is 9.92. The number of benzene rings is 1. The van der Waals surface area contributed by atoms with Crippen LogP contribution >= 0.6 is 0 Å². The van der Waals surface area contributed by atoms with E-state index in [0.29, 0.717) is 24.7 Å². The van der Waals surface area contributed by atoms with Crippen LogP contribution in [-0.4, -0.2) is 29.6 Å². The Bertz CT molecular complexity index is 1050. The number of ether oxygens (including phenoxy) is 1. The van der Waals surface area contributed by atoms with Crippen LogP contribution < -0.4 is 4.74 Å². The number of allylic oxidation sites excluding steroid dienone is 6. The van der Waals surface area contributed by atoms with E-state index in [1.54, 1.807) is 19.1 Å². The summed E-state index contributed by atoms with van der Waals surface area (Å²) in [5, 5.41) is 11.1. The maximum atomic E-state index is 13.8. The van der Waals surface area contributed by atoms with Crippen LogP contribution in [-0.2, 0) is 9.59 Å². The highest BCUT2D eigenvalue weighted by Crippen LogP contribution is 2.45. The predicted molar refractivity (Wildman–Crippen MR) is 115 cm³/mol. The third kappa shape index (κ3) is 3.67. The molecule has 0 spiro atoms. The van der Waals surface area contributed by atoms with Gasteiger partial charge in [0, 0.05) is 5.56 Å². The van der Waals surface area contributed by atoms with E-state index in [1.807, 2.05) is 32.9 Å². The van der Waals surface area contributed by atoms with Crippen molar-refractivity contribution in [2.24, 2.45) is 5.41 Å². The Balaban J connectivity index is 2.38. The lowest BCUT2D eigenvalue weighted by Crippen LogP contribution is -2.39. The van der Waals surface area contributed by atoms with Crippen molar-refractivity contribution in [1.29, 1.82) is 0 Å². The van der Waals surface area contributed by atoms with Crippen molar-refractivity contribution in [1.82, 2.24) is 0 Å². The summed E-state index contributed by atoms with van der Waals surface area (Å²) in [5.41, 5.74) is 1.59. The molecule has 1 unspecified atom stereocenters. The molecule has 3 rings (SSSR count). The number of ketones is 2. The number of hydrogen-bond donors (Lipinski definition) is 1. The van der Waals surface area contributed by atoms with Crippen LogP contribution in [0.15, 0.2) is 58.7 Å². The molecular weight excluding hydrogens is 380 g/mol. The lowest BCUT2D eigenvalue weighted by Gasteiger charge is -2.35. The van der Waals surface area contributed by atoms with Gasteiger partial charge in [-0.25, -0.2) is 0 Å².